The number of carboxylic acids is 1. The topological polar surface area (TPSA) is 82.2 Å². The molecular formula is C15H18N2O3S. The molecule has 0 bridgehead atoms. The fraction of sp³-hybridized carbons (Fsp3) is 0.333. The summed E-state index contributed by atoms with van der Waals surface area (Å²) in [5.41, 5.74) is 1.82. The largest absolute Gasteiger partial charge is 0.480 e. The number of benzene rings is 1. The third-order valence-corrected chi connectivity index (χ3v) is 3.98. The van der Waals surface area contributed by atoms with Crippen LogP contribution in [-0.4, -0.2) is 33.8 Å². The van der Waals surface area contributed by atoms with Gasteiger partial charge in [-0.05, 0) is 11.6 Å². The first-order valence-electron chi connectivity index (χ1n) is 6.72. The third kappa shape index (κ3) is 3.58. The lowest BCUT2D eigenvalue weighted by molar-refractivity contribution is -0.142. The van der Waals surface area contributed by atoms with Crippen molar-refractivity contribution in [3.8, 4) is 0 Å². The fourth-order valence-electron chi connectivity index (χ4n) is 2.12. The molecule has 5 nitrogen and oxygen atoms in total. The van der Waals surface area contributed by atoms with Crippen molar-refractivity contribution in [2.75, 3.05) is 5.75 Å². The molecule has 0 saturated heterocycles. The summed E-state index contributed by atoms with van der Waals surface area (Å²) < 4.78 is 0. The summed E-state index contributed by atoms with van der Waals surface area (Å²) in [5.74, 6) is -1.28. The Bertz CT molecular complexity index is 653. The SMILES string of the molecule is C[C@H](CS)C(=O)N[C@@H](Cc1c[nH]c2ccccc12)C(=O)O. The molecule has 112 valence electrons. The number of thiol groups is 1. The van der Waals surface area contributed by atoms with Crippen molar-refractivity contribution >= 4 is 35.4 Å². The van der Waals surface area contributed by atoms with Crippen LogP contribution >= 0.6 is 12.6 Å². The molecular weight excluding hydrogens is 288 g/mol. The van der Waals surface area contributed by atoms with E-state index in [1.807, 2.05) is 24.3 Å². The van der Waals surface area contributed by atoms with Crippen LogP contribution in [0.3, 0.4) is 0 Å². The van der Waals surface area contributed by atoms with Gasteiger partial charge in [-0.3, -0.25) is 4.79 Å². The van der Waals surface area contributed by atoms with Gasteiger partial charge in [-0.2, -0.15) is 12.6 Å². The number of hydrogen-bond donors (Lipinski definition) is 4. The highest BCUT2D eigenvalue weighted by Crippen LogP contribution is 2.19. The van der Waals surface area contributed by atoms with Crippen LogP contribution in [0, 0.1) is 5.92 Å². The first-order chi connectivity index (χ1) is 10.0. The molecule has 1 amide bonds. The average molecular weight is 306 g/mol. The molecule has 6 heteroatoms. The van der Waals surface area contributed by atoms with E-state index in [1.54, 1.807) is 13.1 Å². The lowest BCUT2D eigenvalue weighted by Gasteiger charge is -2.16. The van der Waals surface area contributed by atoms with Crippen LogP contribution < -0.4 is 5.32 Å². The second kappa shape index (κ2) is 6.67. The second-order valence-corrected chi connectivity index (χ2v) is 5.41. The minimum atomic E-state index is -1.04. The number of aliphatic carboxylic acids is 1. The molecule has 0 saturated carbocycles. The Morgan fingerprint density at radius 1 is 1.38 bits per heavy atom. The number of nitrogens with one attached hydrogen (secondary N) is 2. The van der Waals surface area contributed by atoms with E-state index in [9.17, 15) is 14.7 Å². The van der Waals surface area contributed by atoms with Gasteiger partial charge in [-0.25, -0.2) is 4.79 Å². The number of amides is 1. The highest BCUT2D eigenvalue weighted by atomic mass is 32.1. The smallest absolute Gasteiger partial charge is 0.326 e. The van der Waals surface area contributed by atoms with E-state index in [4.69, 9.17) is 0 Å². The minimum Gasteiger partial charge on any atom is -0.480 e. The Hall–Kier alpha value is -1.95. The Kier molecular flexibility index (Phi) is 4.90. The zero-order valence-corrected chi connectivity index (χ0v) is 12.6. The van der Waals surface area contributed by atoms with E-state index in [1.165, 1.54) is 0 Å². The molecule has 0 unspecified atom stereocenters. The number of para-hydroxylation sites is 1. The van der Waals surface area contributed by atoms with E-state index in [2.05, 4.69) is 22.9 Å². The van der Waals surface area contributed by atoms with Gasteiger partial charge in [0.25, 0.3) is 0 Å². The van der Waals surface area contributed by atoms with E-state index in [0.717, 1.165) is 16.5 Å². The predicted octanol–water partition coefficient (Wildman–Crippen LogP) is 1.85. The molecule has 0 radical (unpaired) electrons. The molecule has 2 rings (SSSR count). The zero-order chi connectivity index (χ0) is 15.4. The van der Waals surface area contributed by atoms with Crippen LogP contribution in [-0.2, 0) is 16.0 Å². The summed E-state index contributed by atoms with van der Waals surface area (Å²) in [7, 11) is 0. The van der Waals surface area contributed by atoms with Crippen LogP contribution in [0.2, 0.25) is 0 Å². The van der Waals surface area contributed by atoms with E-state index >= 15 is 0 Å². The summed E-state index contributed by atoms with van der Waals surface area (Å²) in [5, 5.41) is 12.8. The number of fused-ring (bicyclic) bond motifs is 1. The zero-order valence-electron chi connectivity index (χ0n) is 11.7. The Morgan fingerprint density at radius 3 is 2.76 bits per heavy atom. The summed E-state index contributed by atoms with van der Waals surface area (Å²) in [6, 6.07) is 6.72. The van der Waals surface area contributed by atoms with Crippen molar-refractivity contribution in [3.05, 3.63) is 36.0 Å². The molecule has 0 aliphatic carbocycles. The maximum Gasteiger partial charge on any atom is 0.326 e. The third-order valence-electron chi connectivity index (χ3n) is 3.43. The molecule has 0 aliphatic heterocycles. The summed E-state index contributed by atoms with van der Waals surface area (Å²) in [6.07, 6.45) is 2.03. The molecule has 2 atom stereocenters. The Balaban J connectivity index is 2.17. The monoisotopic (exact) mass is 306 g/mol. The van der Waals surface area contributed by atoms with Gasteiger partial charge in [-0.15, -0.1) is 0 Å². The van der Waals surface area contributed by atoms with Gasteiger partial charge in [0.15, 0.2) is 0 Å². The van der Waals surface area contributed by atoms with Crippen LogP contribution in [0.25, 0.3) is 10.9 Å². The lowest BCUT2D eigenvalue weighted by Crippen LogP contribution is -2.44. The highest BCUT2D eigenvalue weighted by Gasteiger charge is 2.23. The molecule has 1 aromatic carbocycles. The summed E-state index contributed by atoms with van der Waals surface area (Å²) >= 11 is 4.05. The number of carbonyl (C=O) groups is 2. The van der Waals surface area contributed by atoms with Crippen molar-refractivity contribution < 1.29 is 14.7 Å². The molecule has 1 heterocycles. The molecule has 1 aromatic heterocycles. The average Bonchev–Trinajstić information content (AvgIpc) is 2.88. The van der Waals surface area contributed by atoms with Gasteiger partial charge >= 0.3 is 5.97 Å². The number of aromatic amines is 1. The fourth-order valence-corrected chi connectivity index (χ4v) is 2.28. The molecule has 0 aliphatic rings. The van der Waals surface area contributed by atoms with Crippen LogP contribution in [0.5, 0.6) is 0 Å². The molecule has 0 fully saturated rings. The standard InChI is InChI=1S/C15H18N2O3S/c1-9(8-21)14(18)17-13(15(19)20)6-10-7-16-12-5-3-2-4-11(10)12/h2-5,7,9,13,16,21H,6,8H2,1H3,(H,17,18)(H,19,20)/t9-,13+/m1/s1. The molecule has 3 N–H and O–H groups in total. The van der Waals surface area contributed by atoms with E-state index in [-0.39, 0.29) is 18.2 Å². The maximum atomic E-state index is 11.8. The Morgan fingerprint density at radius 2 is 2.10 bits per heavy atom. The number of carbonyl (C=O) groups excluding carboxylic acids is 1. The van der Waals surface area contributed by atoms with E-state index in [0.29, 0.717) is 5.75 Å². The second-order valence-electron chi connectivity index (χ2n) is 5.05. The van der Waals surface area contributed by atoms with Gasteiger partial charge in [0, 0.05) is 35.2 Å². The number of hydrogen-bond acceptors (Lipinski definition) is 3. The lowest BCUT2D eigenvalue weighted by atomic mass is 10.0. The quantitative estimate of drug-likeness (QED) is 0.615. The molecule has 2 aromatic rings. The van der Waals surface area contributed by atoms with Gasteiger partial charge in [-0.1, -0.05) is 25.1 Å². The van der Waals surface area contributed by atoms with Crippen molar-refractivity contribution in [1.29, 1.82) is 0 Å². The summed E-state index contributed by atoms with van der Waals surface area (Å²) in [4.78, 5) is 26.3. The van der Waals surface area contributed by atoms with Gasteiger partial charge in [0.05, 0.1) is 0 Å². The first-order valence-corrected chi connectivity index (χ1v) is 7.35. The molecule has 0 spiro atoms. The predicted molar refractivity (Wildman–Crippen MR) is 84.6 cm³/mol. The van der Waals surface area contributed by atoms with Gasteiger partial charge < -0.3 is 15.4 Å². The number of aromatic nitrogens is 1. The van der Waals surface area contributed by atoms with Crippen molar-refractivity contribution in [2.45, 2.75) is 19.4 Å². The minimum absolute atomic E-state index is 0.240. The summed E-state index contributed by atoms with van der Waals surface area (Å²) in [6.45, 7) is 1.72. The number of carboxylic acid groups (broad SMARTS) is 1. The van der Waals surface area contributed by atoms with Crippen LogP contribution in [0.1, 0.15) is 12.5 Å². The van der Waals surface area contributed by atoms with E-state index < -0.39 is 12.0 Å². The molecule has 21 heavy (non-hydrogen) atoms. The van der Waals surface area contributed by atoms with Crippen molar-refractivity contribution in [2.24, 2.45) is 5.92 Å². The Labute approximate surface area is 128 Å². The highest BCUT2D eigenvalue weighted by molar-refractivity contribution is 7.80. The number of rotatable bonds is 6. The van der Waals surface area contributed by atoms with Crippen LogP contribution in [0.4, 0.5) is 0 Å². The van der Waals surface area contributed by atoms with Crippen molar-refractivity contribution in [1.82, 2.24) is 10.3 Å². The maximum absolute atomic E-state index is 11.8. The van der Waals surface area contributed by atoms with Gasteiger partial charge in [0.1, 0.15) is 6.04 Å². The van der Waals surface area contributed by atoms with Gasteiger partial charge in [0.2, 0.25) is 5.91 Å². The first kappa shape index (κ1) is 15.4. The van der Waals surface area contributed by atoms with Crippen molar-refractivity contribution in [3.63, 3.8) is 0 Å². The van der Waals surface area contributed by atoms with Crippen LogP contribution in [0.15, 0.2) is 30.5 Å². The number of H-pyrrole nitrogens is 1. The normalized spacial score (nSPS) is 13.8.